The summed E-state index contributed by atoms with van der Waals surface area (Å²) in [5.41, 5.74) is 1.02. The van der Waals surface area contributed by atoms with Crippen LogP contribution in [0.2, 0.25) is 0 Å². The van der Waals surface area contributed by atoms with Crippen molar-refractivity contribution in [2.24, 2.45) is 13.0 Å². The fraction of sp³-hybridized carbons (Fsp3) is 0.545. The van der Waals surface area contributed by atoms with Gasteiger partial charge in [-0.1, -0.05) is 37.8 Å². The number of amides is 1. The highest BCUT2D eigenvalue weighted by atomic mass is 32.2. The van der Waals surface area contributed by atoms with Crippen molar-refractivity contribution in [1.82, 2.24) is 9.47 Å². The molecule has 2 fully saturated rings. The Morgan fingerprint density at radius 1 is 1.29 bits per heavy atom. The van der Waals surface area contributed by atoms with E-state index < -0.39 is 0 Å². The number of aromatic nitrogens is 1. The molecule has 166 valence electrons. The van der Waals surface area contributed by atoms with Crippen LogP contribution in [0.3, 0.4) is 0 Å². The van der Waals surface area contributed by atoms with Crippen molar-refractivity contribution < 1.29 is 9.53 Å². The number of pyridine rings is 1. The van der Waals surface area contributed by atoms with Crippen molar-refractivity contribution >= 4 is 46.1 Å². The van der Waals surface area contributed by atoms with Gasteiger partial charge in [0.15, 0.2) is 0 Å². The number of thiocarbonyl (C=S) groups is 1. The van der Waals surface area contributed by atoms with Gasteiger partial charge in [-0.25, -0.2) is 0 Å². The highest BCUT2D eigenvalue weighted by molar-refractivity contribution is 8.26. The Morgan fingerprint density at radius 3 is 2.45 bits per heavy atom. The summed E-state index contributed by atoms with van der Waals surface area (Å²) in [5, 5.41) is 9.61. The molecule has 2 aliphatic rings. The van der Waals surface area contributed by atoms with Crippen molar-refractivity contribution in [1.29, 1.82) is 5.26 Å². The van der Waals surface area contributed by atoms with Crippen LogP contribution in [0.15, 0.2) is 9.70 Å². The van der Waals surface area contributed by atoms with E-state index in [1.807, 2.05) is 33.8 Å². The molecule has 0 saturated carbocycles. The van der Waals surface area contributed by atoms with E-state index in [4.69, 9.17) is 17.0 Å². The van der Waals surface area contributed by atoms with Crippen LogP contribution in [0.4, 0.5) is 5.82 Å². The number of nitrogens with zero attached hydrogens (tertiary/aromatic N) is 4. The van der Waals surface area contributed by atoms with Crippen LogP contribution in [-0.2, 0) is 16.6 Å². The smallest absolute Gasteiger partial charge is 0.270 e. The first-order valence-electron chi connectivity index (χ1n) is 10.3. The van der Waals surface area contributed by atoms with Crippen LogP contribution in [-0.4, -0.2) is 51.5 Å². The van der Waals surface area contributed by atoms with Gasteiger partial charge in [0, 0.05) is 32.2 Å². The zero-order valence-electron chi connectivity index (χ0n) is 18.8. The molecule has 0 spiro atoms. The minimum atomic E-state index is -0.341. The van der Waals surface area contributed by atoms with Crippen molar-refractivity contribution in [3.63, 3.8) is 0 Å². The third-order valence-corrected chi connectivity index (χ3v) is 6.76. The maximum absolute atomic E-state index is 13.0. The number of rotatable bonds is 4. The van der Waals surface area contributed by atoms with Gasteiger partial charge in [-0.3, -0.25) is 19.1 Å². The zero-order valence-corrected chi connectivity index (χ0v) is 20.4. The van der Waals surface area contributed by atoms with Gasteiger partial charge < -0.3 is 9.64 Å². The first-order valence-corrected chi connectivity index (χ1v) is 11.6. The highest BCUT2D eigenvalue weighted by Gasteiger charge is 2.34. The van der Waals surface area contributed by atoms with Gasteiger partial charge in [0.25, 0.3) is 11.5 Å². The van der Waals surface area contributed by atoms with E-state index in [0.29, 0.717) is 51.7 Å². The van der Waals surface area contributed by atoms with Crippen LogP contribution >= 0.6 is 24.0 Å². The van der Waals surface area contributed by atoms with Crippen LogP contribution in [0.5, 0.6) is 0 Å². The predicted octanol–water partition coefficient (Wildman–Crippen LogP) is 3.04. The molecule has 2 atom stereocenters. The Balaban J connectivity index is 2.18. The summed E-state index contributed by atoms with van der Waals surface area (Å²) in [6.45, 7) is 11.6. The van der Waals surface area contributed by atoms with Crippen molar-refractivity contribution in [2.75, 3.05) is 24.5 Å². The molecule has 0 aliphatic carbocycles. The Morgan fingerprint density at radius 2 is 1.90 bits per heavy atom. The van der Waals surface area contributed by atoms with Crippen LogP contribution < -0.4 is 10.5 Å². The van der Waals surface area contributed by atoms with Crippen LogP contribution in [0.25, 0.3) is 6.08 Å². The number of thioether (sulfide) groups is 1. The summed E-state index contributed by atoms with van der Waals surface area (Å²) in [4.78, 5) is 30.2. The quantitative estimate of drug-likeness (QED) is 0.505. The van der Waals surface area contributed by atoms with Gasteiger partial charge in [-0.05, 0) is 38.3 Å². The fourth-order valence-electron chi connectivity index (χ4n) is 4.10. The molecular formula is C22H28N4O3S2. The van der Waals surface area contributed by atoms with Gasteiger partial charge in [0.1, 0.15) is 21.8 Å². The molecular weight excluding hydrogens is 432 g/mol. The number of anilines is 1. The first-order chi connectivity index (χ1) is 14.5. The Labute approximate surface area is 192 Å². The molecule has 0 aromatic carbocycles. The second kappa shape index (κ2) is 9.15. The molecule has 31 heavy (non-hydrogen) atoms. The van der Waals surface area contributed by atoms with E-state index in [1.165, 1.54) is 16.3 Å². The minimum absolute atomic E-state index is 0.00750. The second-order valence-corrected chi connectivity index (χ2v) is 10.2. The van der Waals surface area contributed by atoms with E-state index in [1.54, 1.807) is 24.9 Å². The van der Waals surface area contributed by atoms with E-state index in [0.717, 1.165) is 0 Å². The van der Waals surface area contributed by atoms with E-state index in [-0.39, 0.29) is 29.2 Å². The standard InChI is InChI=1S/C22H28N4O3S2/c1-12(2)9-26-21(28)18(31-22(26)30)7-16-15(5)17(8-23)20(27)24(6)19(16)25-10-13(3)29-14(4)11-25/h7,12-14H,9-11H2,1-6H3/b18-7+/t13-,14+. The maximum atomic E-state index is 13.0. The largest absolute Gasteiger partial charge is 0.372 e. The summed E-state index contributed by atoms with van der Waals surface area (Å²) in [5.74, 6) is 0.848. The Bertz CT molecular complexity index is 1040. The second-order valence-electron chi connectivity index (χ2n) is 8.56. The Hall–Kier alpha value is -2.15. The maximum Gasteiger partial charge on any atom is 0.270 e. The zero-order chi connectivity index (χ0) is 23.0. The van der Waals surface area contributed by atoms with Crippen molar-refractivity contribution in [3.8, 4) is 6.07 Å². The molecule has 1 amide bonds. The fourth-order valence-corrected chi connectivity index (χ4v) is 5.36. The number of ether oxygens (including phenoxy) is 1. The molecule has 2 saturated heterocycles. The van der Waals surface area contributed by atoms with Gasteiger partial charge in [0.2, 0.25) is 0 Å². The molecule has 2 aliphatic heterocycles. The summed E-state index contributed by atoms with van der Waals surface area (Å²) < 4.78 is 7.90. The highest BCUT2D eigenvalue weighted by Crippen LogP contribution is 2.36. The SMILES string of the molecule is Cc1c(/C=C2/SC(=S)N(CC(C)C)C2=O)c(N2C[C@@H](C)O[C@@H](C)C2)n(C)c(=O)c1C#N. The number of hydrogen-bond donors (Lipinski definition) is 0. The van der Waals surface area contributed by atoms with Gasteiger partial charge in [-0.15, -0.1) is 0 Å². The third-order valence-electron chi connectivity index (χ3n) is 5.38. The number of nitriles is 1. The number of morpholine rings is 1. The van der Waals surface area contributed by atoms with E-state index in [9.17, 15) is 14.9 Å². The molecule has 1 aromatic heterocycles. The number of carbonyl (C=O) groups is 1. The van der Waals surface area contributed by atoms with Gasteiger partial charge >= 0.3 is 0 Å². The Kier molecular flexibility index (Phi) is 6.94. The molecule has 0 unspecified atom stereocenters. The average molecular weight is 461 g/mol. The molecule has 0 bridgehead atoms. The lowest BCUT2D eigenvalue weighted by Crippen LogP contribution is -2.47. The molecule has 3 heterocycles. The minimum Gasteiger partial charge on any atom is -0.372 e. The monoisotopic (exact) mass is 460 g/mol. The summed E-state index contributed by atoms with van der Waals surface area (Å²) in [7, 11) is 1.67. The average Bonchev–Trinajstić information content (AvgIpc) is 2.93. The molecule has 7 nitrogen and oxygen atoms in total. The third kappa shape index (κ3) is 4.56. The summed E-state index contributed by atoms with van der Waals surface area (Å²) in [6, 6.07) is 2.04. The van der Waals surface area contributed by atoms with Crippen LogP contribution in [0.1, 0.15) is 44.4 Å². The molecule has 0 radical (unpaired) electrons. The van der Waals surface area contributed by atoms with Crippen molar-refractivity contribution in [3.05, 3.63) is 31.9 Å². The van der Waals surface area contributed by atoms with Gasteiger partial charge in [0.05, 0.1) is 17.1 Å². The first kappa shape index (κ1) is 23.5. The molecule has 9 heteroatoms. The number of carbonyl (C=O) groups excluding carboxylic acids is 1. The molecule has 3 rings (SSSR count). The lowest BCUT2D eigenvalue weighted by molar-refractivity contribution is -0.122. The van der Waals surface area contributed by atoms with Gasteiger partial charge in [-0.2, -0.15) is 5.26 Å². The van der Waals surface area contributed by atoms with Crippen LogP contribution in [0, 0.1) is 24.2 Å². The van der Waals surface area contributed by atoms with Crippen molar-refractivity contribution in [2.45, 2.75) is 46.8 Å². The normalized spacial score (nSPS) is 23.2. The summed E-state index contributed by atoms with van der Waals surface area (Å²) in [6.07, 6.45) is 1.77. The predicted molar refractivity (Wildman–Crippen MR) is 128 cm³/mol. The molecule has 1 aromatic rings. The lowest BCUT2D eigenvalue weighted by atomic mass is 10.0. The molecule has 0 N–H and O–H groups in total. The van der Waals surface area contributed by atoms with E-state index >= 15 is 0 Å². The lowest BCUT2D eigenvalue weighted by Gasteiger charge is -2.38. The number of hydrogen-bond acceptors (Lipinski definition) is 7. The van der Waals surface area contributed by atoms with E-state index in [2.05, 4.69) is 4.90 Å². The topological polar surface area (TPSA) is 78.6 Å². The summed E-state index contributed by atoms with van der Waals surface area (Å²) >= 11 is 6.70.